The van der Waals surface area contributed by atoms with Gasteiger partial charge in [-0.25, -0.2) is 4.99 Å². The maximum absolute atomic E-state index is 12.2. The zero-order valence-corrected chi connectivity index (χ0v) is 19.5. The number of aliphatic imine (C=N–C) groups is 1. The maximum atomic E-state index is 12.2. The molecule has 1 saturated carbocycles. The summed E-state index contributed by atoms with van der Waals surface area (Å²) in [5.74, 6) is 1.68. The van der Waals surface area contributed by atoms with Crippen LogP contribution in [0.1, 0.15) is 63.0 Å². The highest BCUT2D eigenvalue weighted by molar-refractivity contribution is 5.81. The van der Waals surface area contributed by atoms with Crippen LogP contribution in [0.3, 0.4) is 0 Å². The largest absolute Gasteiger partial charge is 0.493 e. The van der Waals surface area contributed by atoms with Gasteiger partial charge >= 0.3 is 0 Å². The van der Waals surface area contributed by atoms with Gasteiger partial charge in [0.25, 0.3) is 0 Å². The normalized spacial score (nSPS) is 14.9. The molecule has 1 amide bonds. The highest BCUT2D eigenvalue weighted by Gasteiger charge is 2.15. The third kappa shape index (κ3) is 10.0. The van der Waals surface area contributed by atoms with Crippen LogP contribution in [0, 0.1) is 6.92 Å². The molecule has 0 atom stereocenters. The Labute approximate surface area is 187 Å². The van der Waals surface area contributed by atoms with Gasteiger partial charge in [0, 0.05) is 51.3 Å². The molecule has 1 aliphatic carbocycles. The third-order valence-corrected chi connectivity index (χ3v) is 5.34. The van der Waals surface area contributed by atoms with E-state index in [1.807, 2.05) is 13.0 Å². The molecule has 31 heavy (non-hydrogen) atoms. The first kappa shape index (κ1) is 25.0. The number of rotatable bonds is 12. The molecule has 1 aromatic carbocycles. The minimum Gasteiger partial charge on any atom is -0.493 e. The van der Waals surface area contributed by atoms with Gasteiger partial charge in [0.15, 0.2) is 5.96 Å². The summed E-state index contributed by atoms with van der Waals surface area (Å²) in [6.07, 6.45) is 7.23. The molecule has 0 unspecified atom stereocenters. The fourth-order valence-electron chi connectivity index (χ4n) is 3.66. The van der Waals surface area contributed by atoms with Crippen LogP contribution in [-0.2, 0) is 16.1 Å². The van der Waals surface area contributed by atoms with Crippen LogP contribution in [0.5, 0.6) is 5.75 Å². The van der Waals surface area contributed by atoms with Crippen LogP contribution in [0.4, 0.5) is 0 Å². The van der Waals surface area contributed by atoms with Crippen molar-refractivity contribution in [3.8, 4) is 5.75 Å². The van der Waals surface area contributed by atoms with E-state index in [2.05, 4.69) is 40.0 Å². The Morgan fingerprint density at radius 1 is 1.16 bits per heavy atom. The van der Waals surface area contributed by atoms with Crippen LogP contribution >= 0.6 is 0 Å². The van der Waals surface area contributed by atoms with Crippen molar-refractivity contribution >= 4 is 11.9 Å². The lowest BCUT2D eigenvalue weighted by molar-refractivity contribution is -0.121. The van der Waals surface area contributed by atoms with Crippen LogP contribution in [0.2, 0.25) is 0 Å². The minimum absolute atomic E-state index is 0.112. The van der Waals surface area contributed by atoms with Gasteiger partial charge in [0.05, 0.1) is 13.2 Å². The number of nitrogens with zero attached hydrogens (tertiary/aromatic N) is 1. The zero-order chi connectivity index (χ0) is 22.3. The Balaban J connectivity index is 1.84. The van der Waals surface area contributed by atoms with Gasteiger partial charge in [-0.1, -0.05) is 31.4 Å². The van der Waals surface area contributed by atoms with Crippen molar-refractivity contribution in [3.05, 3.63) is 29.3 Å². The van der Waals surface area contributed by atoms with Gasteiger partial charge in [0.1, 0.15) is 5.75 Å². The number of benzene rings is 1. The monoisotopic (exact) mass is 432 g/mol. The van der Waals surface area contributed by atoms with E-state index >= 15 is 0 Å². The number of nitrogens with one attached hydrogen (secondary N) is 3. The molecule has 0 spiro atoms. The highest BCUT2D eigenvalue weighted by atomic mass is 16.5. The number of ether oxygens (including phenoxy) is 2. The van der Waals surface area contributed by atoms with E-state index in [0.29, 0.717) is 44.7 Å². The van der Waals surface area contributed by atoms with Crippen molar-refractivity contribution in [3.63, 3.8) is 0 Å². The summed E-state index contributed by atoms with van der Waals surface area (Å²) in [5, 5.41) is 9.68. The van der Waals surface area contributed by atoms with E-state index in [4.69, 9.17) is 9.47 Å². The molecule has 2 rings (SSSR count). The van der Waals surface area contributed by atoms with E-state index in [0.717, 1.165) is 42.7 Å². The van der Waals surface area contributed by atoms with Crippen molar-refractivity contribution < 1.29 is 14.3 Å². The SMILES string of the molecule is CCNC(=NCc1ccc(C)cc1OCCCOC)NCCC(=O)NC1CCCCC1. The van der Waals surface area contributed by atoms with Crippen LogP contribution < -0.4 is 20.7 Å². The lowest BCUT2D eigenvalue weighted by atomic mass is 9.95. The standard InChI is InChI=1S/C24H40N4O3/c1-4-25-24(26-14-13-23(29)28-21-9-6-5-7-10-21)27-18-20-12-11-19(2)17-22(20)31-16-8-15-30-3/h11-12,17,21H,4-10,13-16,18H2,1-3H3,(H,28,29)(H2,25,26,27). The number of methoxy groups -OCH3 is 1. The molecule has 174 valence electrons. The molecule has 1 aliphatic rings. The number of hydrogen-bond donors (Lipinski definition) is 3. The average Bonchev–Trinajstić information content (AvgIpc) is 2.76. The number of aryl methyl sites for hydroxylation is 1. The fourth-order valence-corrected chi connectivity index (χ4v) is 3.66. The molecule has 7 nitrogen and oxygen atoms in total. The lowest BCUT2D eigenvalue weighted by Crippen LogP contribution is -2.41. The van der Waals surface area contributed by atoms with Crippen LogP contribution in [-0.4, -0.2) is 51.3 Å². The zero-order valence-electron chi connectivity index (χ0n) is 19.5. The molecule has 0 bridgehead atoms. The molecule has 0 aliphatic heterocycles. The molecule has 0 radical (unpaired) electrons. The summed E-state index contributed by atoms with van der Waals surface area (Å²) in [6, 6.07) is 6.54. The van der Waals surface area contributed by atoms with Crippen molar-refractivity contribution in [2.45, 2.75) is 71.4 Å². The first-order chi connectivity index (χ1) is 15.1. The summed E-state index contributed by atoms with van der Waals surface area (Å²) in [6.45, 7) is 7.20. The van der Waals surface area contributed by atoms with E-state index in [-0.39, 0.29) is 5.91 Å². The molecular weight excluding hydrogens is 392 g/mol. The highest BCUT2D eigenvalue weighted by Crippen LogP contribution is 2.21. The van der Waals surface area contributed by atoms with Gasteiger partial charge in [-0.2, -0.15) is 0 Å². The summed E-state index contributed by atoms with van der Waals surface area (Å²) in [5.41, 5.74) is 2.19. The molecular formula is C24H40N4O3. The Bertz CT molecular complexity index is 687. The fraction of sp³-hybridized carbons (Fsp3) is 0.667. The molecule has 1 aromatic rings. The molecule has 7 heteroatoms. The van der Waals surface area contributed by atoms with E-state index < -0.39 is 0 Å². The predicted octanol–water partition coefficient (Wildman–Crippen LogP) is 3.30. The molecule has 0 aromatic heterocycles. The predicted molar refractivity (Wildman–Crippen MR) is 126 cm³/mol. The first-order valence-corrected chi connectivity index (χ1v) is 11.6. The second-order valence-electron chi connectivity index (χ2n) is 8.08. The van der Waals surface area contributed by atoms with E-state index in [9.17, 15) is 4.79 Å². The summed E-state index contributed by atoms with van der Waals surface area (Å²) in [7, 11) is 1.70. The van der Waals surface area contributed by atoms with Crippen molar-refractivity contribution in [1.82, 2.24) is 16.0 Å². The van der Waals surface area contributed by atoms with E-state index in [1.54, 1.807) is 7.11 Å². The third-order valence-electron chi connectivity index (χ3n) is 5.34. The Kier molecular flexibility index (Phi) is 11.8. The van der Waals surface area contributed by atoms with Gasteiger partial charge < -0.3 is 25.4 Å². The van der Waals surface area contributed by atoms with Crippen molar-refractivity contribution in [2.24, 2.45) is 4.99 Å². The topological polar surface area (TPSA) is 84.0 Å². The quantitative estimate of drug-likeness (QED) is 0.268. The van der Waals surface area contributed by atoms with Crippen molar-refractivity contribution in [2.75, 3.05) is 33.4 Å². The van der Waals surface area contributed by atoms with Gasteiger partial charge in [-0.3, -0.25) is 4.79 Å². The number of amides is 1. The Hall–Kier alpha value is -2.28. The Morgan fingerprint density at radius 3 is 2.71 bits per heavy atom. The smallest absolute Gasteiger partial charge is 0.221 e. The molecule has 0 heterocycles. The van der Waals surface area contributed by atoms with E-state index in [1.165, 1.54) is 19.3 Å². The number of carbonyl (C=O) groups excluding carboxylic acids is 1. The summed E-state index contributed by atoms with van der Waals surface area (Å²) >= 11 is 0. The van der Waals surface area contributed by atoms with Gasteiger partial charge in [-0.05, 0) is 38.3 Å². The number of hydrogen-bond acceptors (Lipinski definition) is 4. The van der Waals surface area contributed by atoms with Gasteiger partial charge in [0.2, 0.25) is 5.91 Å². The second kappa shape index (κ2) is 14.7. The second-order valence-corrected chi connectivity index (χ2v) is 8.08. The number of guanidine groups is 1. The molecule has 3 N–H and O–H groups in total. The summed E-state index contributed by atoms with van der Waals surface area (Å²) < 4.78 is 11.0. The average molecular weight is 433 g/mol. The first-order valence-electron chi connectivity index (χ1n) is 11.6. The minimum atomic E-state index is 0.112. The van der Waals surface area contributed by atoms with Gasteiger partial charge in [-0.15, -0.1) is 0 Å². The number of carbonyl (C=O) groups is 1. The molecule has 1 fully saturated rings. The molecule has 0 saturated heterocycles. The maximum Gasteiger partial charge on any atom is 0.221 e. The van der Waals surface area contributed by atoms with Crippen molar-refractivity contribution in [1.29, 1.82) is 0 Å². The van der Waals surface area contributed by atoms with Crippen LogP contribution in [0.15, 0.2) is 23.2 Å². The lowest BCUT2D eigenvalue weighted by Gasteiger charge is -2.22. The van der Waals surface area contributed by atoms with Crippen LogP contribution in [0.25, 0.3) is 0 Å². The Morgan fingerprint density at radius 2 is 1.97 bits per heavy atom. The summed E-state index contributed by atoms with van der Waals surface area (Å²) in [4.78, 5) is 16.9.